The van der Waals surface area contributed by atoms with Crippen LogP contribution in [-0.2, 0) is 38.1 Å². The predicted octanol–water partition coefficient (Wildman–Crippen LogP) is 1.41. The highest BCUT2D eigenvalue weighted by atomic mass is 16.5. The third-order valence-electron chi connectivity index (χ3n) is 5.67. The van der Waals surface area contributed by atoms with E-state index in [1.165, 1.54) is 0 Å². The number of nitrogens with two attached hydrogens (primary N) is 1. The highest BCUT2D eigenvalue weighted by molar-refractivity contribution is 5.76. The van der Waals surface area contributed by atoms with Crippen molar-refractivity contribution in [1.29, 1.82) is 5.26 Å². The standard InChI is InChI=1S/C21H44N4O4.C8H13NO3.CH2O2/c1-21(2,3)18(25-20(27)9-7-12-23-4)8-5-6-13-24-19(26)10-14-28-16-17-29-15-11-22;9-3-1-5-11-7-8-12-6-2-4-10;2-1-3/h18,23H,5-17,22H2,1-4H3,(H,24,26)(H,25,27);4H,1-2,5-8H2;1H,(H,2,3). The van der Waals surface area contributed by atoms with Crippen LogP contribution in [0.1, 0.15) is 72.1 Å². The maximum absolute atomic E-state index is 12.1. The summed E-state index contributed by atoms with van der Waals surface area (Å²) in [6.07, 6.45) is 6.15. The topological polar surface area (TPSA) is 211 Å². The molecule has 0 aromatic heterocycles. The second kappa shape index (κ2) is 36.5. The number of amides is 2. The van der Waals surface area contributed by atoms with E-state index in [4.69, 9.17) is 39.8 Å². The first-order chi connectivity index (χ1) is 21.1. The SMILES string of the molecule is CNCCCC(=O)NC(CCCCNC(=O)CCOCCOCCN)C(C)(C)C.N#CCCOCCOCCC=O.O=CO. The molecule has 44 heavy (non-hydrogen) atoms. The number of hydrogen-bond donors (Lipinski definition) is 5. The summed E-state index contributed by atoms with van der Waals surface area (Å²) in [5.41, 5.74) is 5.33. The molecule has 1 atom stereocenters. The van der Waals surface area contributed by atoms with Crippen LogP contribution in [-0.4, -0.2) is 115 Å². The van der Waals surface area contributed by atoms with Crippen molar-refractivity contribution in [3.63, 3.8) is 0 Å². The molecule has 1 unspecified atom stereocenters. The minimum atomic E-state index is -0.250. The Morgan fingerprint density at radius 2 is 1.45 bits per heavy atom. The van der Waals surface area contributed by atoms with Crippen molar-refractivity contribution >= 4 is 24.6 Å². The van der Waals surface area contributed by atoms with Crippen LogP contribution in [0, 0.1) is 16.7 Å². The Bertz CT molecular complexity index is 716. The summed E-state index contributed by atoms with van der Waals surface area (Å²) in [4.78, 5) is 42.1. The molecule has 0 aliphatic carbocycles. The highest BCUT2D eigenvalue weighted by Gasteiger charge is 2.25. The molecule has 0 bridgehead atoms. The summed E-state index contributed by atoms with van der Waals surface area (Å²) in [6, 6.07) is 2.10. The lowest BCUT2D eigenvalue weighted by Crippen LogP contribution is -2.43. The van der Waals surface area contributed by atoms with Crippen LogP contribution < -0.4 is 21.7 Å². The second-order valence-corrected chi connectivity index (χ2v) is 10.5. The zero-order valence-electron chi connectivity index (χ0n) is 27.4. The lowest BCUT2D eigenvalue weighted by atomic mass is 9.83. The van der Waals surface area contributed by atoms with Crippen molar-refractivity contribution in [3.8, 4) is 6.07 Å². The Morgan fingerprint density at radius 1 is 0.864 bits per heavy atom. The maximum Gasteiger partial charge on any atom is 0.290 e. The quantitative estimate of drug-likeness (QED) is 0.0676. The van der Waals surface area contributed by atoms with Crippen molar-refractivity contribution in [3.05, 3.63) is 0 Å². The molecule has 0 saturated carbocycles. The zero-order chi connectivity index (χ0) is 33.7. The fourth-order valence-corrected chi connectivity index (χ4v) is 3.34. The van der Waals surface area contributed by atoms with Gasteiger partial charge in [0.2, 0.25) is 11.8 Å². The third kappa shape index (κ3) is 39.3. The van der Waals surface area contributed by atoms with Crippen LogP contribution in [0.4, 0.5) is 0 Å². The van der Waals surface area contributed by atoms with Gasteiger partial charge in [-0.25, -0.2) is 0 Å². The van der Waals surface area contributed by atoms with Gasteiger partial charge in [-0.05, 0) is 44.7 Å². The summed E-state index contributed by atoms with van der Waals surface area (Å²) in [6.45, 7) is 12.0. The number of nitrogens with one attached hydrogen (secondary N) is 3. The molecule has 2 amide bonds. The van der Waals surface area contributed by atoms with Gasteiger partial charge in [-0.3, -0.25) is 14.4 Å². The lowest BCUT2D eigenvalue weighted by molar-refractivity contribution is -0.123. The van der Waals surface area contributed by atoms with Crippen molar-refractivity contribution < 1.29 is 43.2 Å². The Kier molecular flexibility index (Phi) is 38.0. The van der Waals surface area contributed by atoms with Crippen LogP contribution in [0.2, 0.25) is 0 Å². The Hall–Kier alpha value is -2.67. The summed E-state index contributed by atoms with van der Waals surface area (Å²) in [5, 5.41) is 24.2. The summed E-state index contributed by atoms with van der Waals surface area (Å²) < 4.78 is 20.6. The molecule has 0 aromatic rings. The van der Waals surface area contributed by atoms with E-state index in [9.17, 15) is 14.4 Å². The molecule has 0 saturated heterocycles. The van der Waals surface area contributed by atoms with E-state index in [1.54, 1.807) is 0 Å². The first-order valence-electron chi connectivity index (χ1n) is 15.2. The lowest BCUT2D eigenvalue weighted by Gasteiger charge is -2.31. The van der Waals surface area contributed by atoms with E-state index in [1.807, 2.05) is 13.1 Å². The van der Waals surface area contributed by atoms with Gasteiger partial charge < -0.3 is 50.5 Å². The average molecular weight is 634 g/mol. The molecular weight excluding hydrogens is 574 g/mol. The van der Waals surface area contributed by atoms with Crippen molar-refractivity contribution in [1.82, 2.24) is 16.0 Å². The zero-order valence-corrected chi connectivity index (χ0v) is 27.4. The molecule has 6 N–H and O–H groups in total. The number of ether oxygens (including phenoxy) is 4. The highest BCUT2D eigenvalue weighted by Crippen LogP contribution is 2.23. The molecule has 14 nitrogen and oxygen atoms in total. The number of unbranched alkanes of at least 4 members (excludes halogenated alkanes) is 1. The molecule has 0 heterocycles. The number of hydrogen-bond acceptors (Lipinski definition) is 11. The number of rotatable bonds is 26. The van der Waals surface area contributed by atoms with Gasteiger partial charge in [0.15, 0.2) is 0 Å². The van der Waals surface area contributed by atoms with Crippen LogP contribution in [0.15, 0.2) is 0 Å². The molecule has 0 aliphatic heterocycles. The second-order valence-electron chi connectivity index (χ2n) is 10.5. The van der Waals surface area contributed by atoms with Crippen LogP contribution in [0.3, 0.4) is 0 Å². The number of carbonyl (C=O) groups is 4. The smallest absolute Gasteiger partial charge is 0.290 e. The monoisotopic (exact) mass is 633 g/mol. The van der Waals surface area contributed by atoms with E-state index in [0.717, 1.165) is 38.5 Å². The maximum atomic E-state index is 12.1. The first-order valence-corrected chi connectivity index (χ1v) is 15.2. The van der Waals surface area contributed by atoms with Crippen molar-refractivity contribution in [2.45, 2.75) is 78.2 Å². The molecule has 0 aliphatic rings. The molecule has 14 heteroatoms. The summed E-state index contributed by atoms with van der Waals surface area (Å²) >= 11 is 0. The van der Waals surface area contributed by atoms with Gasteiger partial charge in [0, 0.05) is 38.4 Å². The third-order valence-corrected chi connectivity index (χ3v) is 5.67. The van der Waals surface area contributed by atoms with Gasteiger partial charge in [-0.1, -0.05) is 20.8 Å². The fourth-order valence-electron chi connectivity index (χ4n) is 3.34. The fraction of sp³-hybridized carbons (Fsp3) is 0.833. The molecule has 0 radical (unpaired) electrons. The van der Waals surface area contributed by atoms with Gasteiger partial charge in [0.05, 0.1) is 65.3 Å². The number of carbonyl (C=O) groups excluding carboxylic acids is 3. The molecule has 258 valence electrons. The molecule has 0 rings (SSSR count). The van der Waals surface area contributed by atoms with Crippen molar-refractivity contribution in [2.24, 2.45) is 11.1 Å². The normalized spacial score (nSPS) is 11.1. The van der Waals surface area contributed by atoms with E-state index < -0.39 is 0 Å². The average Bonchev–Trinajstić information content (AvgIpc) is 2.97. The largest absolute Gasteiger partial charge is 0.483 e. The molecule has 0 fully saturated rings. The van der Waals surface area contributed by atoms with Crippen LogP contribution in [0.5, 0.6) is 0 Å². The minimum absolute atomic E-state index is 0.00177. The first kappa shape index (κ1) is 45.8. The van der Waals surface area contributed by atoms with Gasteiger partial charge in [0.25, 0.3) is 6.47 Å². The number of aldehydes is 1. The van der Waals surface area contributed by atoms with Crippen LogP contribution in [0.25, 0.3) is 0 Å². The molecular formula is C30H59N5O9. The summed E-state index contributed by atoms with van der Waals surface area (Å²) in [5.74, 6) is 0.111. The minimum Gasteiger partial charge on any atom is -0.483 e. The molecule has 0 spiro atoms. The predicted molar refractivity (Wildman–Crippen MR) is 168 cm³/mol. The Morgan fingerprint density at radius 3 is 2.00 bits per heavy atom. The van der Waals surface area contributed by atoms with E-state index in [-0.39, 0.29) is 29.7 Å². The van der Waals surface area contributed by atoms with Crippen LogP contribution >= 0.6 is 0 Å². The van der Waals surface area contributed by atoms with Gasteiger partial charge >= 0.3 is 0 Å². The van der Waals surface area contributed by atoms with E-state index >= 15 is 0 Å². The summed E-state index contributed by atoms with van der Waals surface area (Å²) in [7, 11) is 1.89. The van der Waals surface area contributed by atoms with Gasteiger partial charge in [-0.15, -0.1) is 0 Å². The van der Waals surface area contributed by atoms with E-state index in [0.29, 0.717) is 91.6 Å². The van der Waals surface area contributed by atoms with Gasteiger partial charge in [-0.2, -0.15) is 5.26 Å². The number of nitrogens with zero attached hydrogens (tertiary/aromatic N) is 1. The number of nitriles is 1. The van der Waals surface area contributed by atoms with Crippen molar-refractivity contribution in [2.75, 3.05) is 79.5 Å². The Balaban J connectivity index is -0.000000926. The van der Waals surface area contributed by atoms with Gasteiger partial charge in [0.1, 0.15) is 6.29 Å². The Labute approximate surface area is 264 Å². The van der Waals surface area contributed by atoms with E-state index in [2.05, 4.69) is 36.7 Å². The number of carboxylic acid groups (broad SMARTS) is 1. The molecule has 0 aromatic carbocycles.